The molecule has 0 aliphatic carbocycles. The van der Waals surface area contributed by atoms with Crippen molar-refractivity contribution < 1.29 is 14.2 Å². The monoisotopic (exact) mass is 406 g/mol. The van der Waals surface area contributed by atoms with Gasteiger partial charge in [-0.3, -0.25) is 4.74 Å². The zero-order valence-electron chi connectivity index (χ0n) is 19.1. The molecule has 0 fully saturated rings. The topological polar surface area (TPSA) is 34.2 Å². The summed E-state index contributed by atoms with van der Waals surface area (Å²) in [4.78, 5) is 4.55. The van der Waals surface area contributed by atoms with Gasteiger partial charge in [-0.25, -0.2) is 9.80 Å². The third-order valence-electron chi connectivity index (χ3n) is 5.52. The van der Waals surface area contributed by atoms with Crippen LogP contribution in [0, 0.1) is 0 Å². The average Bonchev–Trinajstić information content (AvgIpc) is 2.72. The van der Waals surface area contributed by atoms with E-state index < -0.39 is 12.8 Å². The van der Waals surface area contributed by atoms with Gasteiger partial charge in [-0.05, 0) is 25.0 Å². The molecular weight excluding hydrogens is 364 g/mol. The fraction of sp³-hybridized carbons (Fsp3) is 0.750. The van der Waals surface area contributed by atoms with Crippen LogP contribution < -0.4 is 9.47 Å². The Morgan fingerprint density at radius 3 is 1.59 bits per heavy atom. The molecule has 5 heteroatoms. The van der Waals surface area contributed by atoms with Gasteiger partial charge in [0.2, 0.25) is 0 Å². The maximum absolute atomic E-state index is 6.44. The number of unbranched alkanes of at least 4 members (excludes halogenated alkanes) is 6. The van der Waals surface area contributed by atoms with Gasteiger partial charge < -0.3 is 9.47 Å². The normalized spacial score (nSPS) is 19.0. The second-order valence-electron chi connectivity index (χ2n) is 7.84. The van der Waals surface area contributed by atoms with Crippen molar-refractivity contribution in [3.63, 3.8) is 0 Å². The third-order valence-corrected chi connectivity index (χ3v) is 5.52. The summed E-state index contributed by atoms with van der Waals surface area (Å²) in [5.74, 6) is 1.59. The van der Waals surface area contributed by atoms with Crippen LogP contribution in [0.15, 0.2) is 24.3 Å². The van der Waals surface area contributed by atoms with E-state index in [9.17, 15) is 0 Å². The summed E-state index contributed by atoms with van der Waals surface area (Å²) < 4.78 is 19.0. The summed E-state index contributed by atoms with van der Waals surface area (Å²) in [6, 6.07) is 7.89. The molecule has 1 aliphatic heterocycles. The van der Waals surface area contributed by atoms with Gasteiger partial charge in [-0.15, -0.1) is 0 Å². The standard InChI is InChI=1S/C24H42N2O3/c1-5-9-11-13-18-25(7-3)23-27-21-16-15-17-22(20-21)28-24(29-23)26(8-4)19-14-12-10-6-2/h15-17,20,23-24H,5-14,18-19H2,1-4H3. The van der Waals surface area contributed by atoms with E-state index in [2.05, 4.69) is 37.5 Å². The summed E-state index contributed by atoms with van der Waals surface area (Å²) in [5, 5.41) is 0. The molecule has 2 bridgehead atoms. The molecule has 2 atom stereocenters. The van der Waals surface area contributed by atoms with Crippen LogP contribution in [0.25, 0.3) is 0 Å². The molecule has 0 spiro atoms. The lowest BCUT2D eigenvalue weighted by molar-refractivity contribution is -0.288. The second kappa shape index (κ2) is 13.8. The predicted octanol–water partition coefficient (Wildman–Crippen LogP) is 5.85. The van der Waals surface area contributed by atoms with Crippen molar-refractivity contribution in [2.75, 3.05) is 26.2 Å². The molecule has 1 aromatic rings. The molecule has 0 saturated carbocycles. The van der Waals surface area contributed by atoms with Gasteiger partial charge in [0, 0.05) is 32.2 Å². The molecule has 0 radical (unpaired) electrons. The smallest absolute Gasteiger partial charge is 0.266 e. The Labute approximate surface area is 178 Å². The number of benzene rings is 1. The molecule has 0 aromatic heterocycles. The van der Waals surface area contributed by atoms with Crippen molar-refractivity contribution in [3.05, 3.63) is 24.3 Å². The first kappa shape index (κ1) is 24.0. The van der Waals surface area contributed by atoms with Gasteiger partial charge >= 0.3 is 0 Å². The molecule has 1 heterocycles. The molecule has 2 rings (SSSR count). The number of hydrogen-bond acceptors (Lipinski definition) is 5. The number of nitrogens with zero attached hydrogens (tertiary/aromatic N) is 2. The molecule has 0 amide bonds. The lowest BCUT2D eigenvalue weighted by atomic mass is 10.2. The van der Waals surface area contributed by atoms with E-state index in [1.165, 1.54) is 38.5 Å². The van der Waals surface area contributed by atoms with Crippen molar-refractivity contribution in [1.82, 2.24) is 9.80 Å². The fourth-order valence-electron chi connectivity index (χ4n) is 3.64. The highest BCUT2D eigenvalue weighted by Crippen LogP contribution is 2.27. The largest absolute Gasteiger partial charge is 0.451 e. The highest BCUT2D eigenvalue weighted by molar-refractivity contribution is 5.33. The summed E-state index contributed by atoms with van der Waals surface area (Å²) in [6.07, 6.45) is 8.97. The maximum Gasteiger partial charge on any atom is 0.266 e. The molecule has 29 heavy (non-hydrogen) atoms. The highest BCUT2D eigenvalue weighted by atomic mass is 16.8. The van der Waals surface area contributed by atoms with Crippen molar-refractivity contribution >= 4 is 0 Å². The molecule has 0 saturated heterocycles. The molecule has 1 aromatic carbocycles. The average molecular weight is 407 g/mol. The zero-order chi connectivity index (χ0) is 20.9. The summed E-state index contributed by atoms with van der Waals surface area (Å²) in [7, 11) is 0. The first-order chi connectivity index (χ1) is 14.2. The molecule has 0 N–H and O–H groups in total. The van der Waals surface area contributed by atoms with Crippen molar-refractivity contribution in [3.8, 4) is 11.5 Å². The van der Waals surface area contributed by atoms with Crippen LogP contribution in [0.4, 0.5) is 0 Å². The molecule has 2 unspecified atom stereocenters. The second-order valence-corrected chi connectivity index (χ2v) is 7.84. The molecule has 1 aliphatic rings. The van der Waals surface area contributed by atoms with Crippen LogP contribution in [0.5, 0.6) is 11.5 Å². The first-order valence-electron chi connectivity index (χ1n) is 11.8. The summed E-state index contributed by atoms with van der Waals surface area (Å²) in [5.41, 5.74) is 0. The quantitative estimate of drug-likeness (QED) is 0.362. The van der Waals surface area contributed by atoms with Gasteiger partial charge in [0.25, 0.3) is 12.8 Å². The Bertz CT molecular complexity index is 511. The van der Waals surface area contributed by atoms with Gasteiger partial charge in [0.05, 0.1) is 0 Å². The van der Waals surface area contributed by atoms with Crippen molar-refractivity contribution in [1.29, 1.82) is 0 Å². The van der Waals surface area contributed by atoms with Crippen molar-refractivity contribution in [2.24, 2.45) is 0 Å². The summed E-state index contributed by atoms with van der Waals surface area (Å²) in [6.45, 7) is 12.5. The fourth-order valence-corrected chi connectivity index (χ4v) is 3.64. The Balaban J connectivity index is 2.09. The number of rotatable bonds is 14. The summed E-state index contributed by atoms with van der Waals surface area (Å²) >= 11 is 0. The molecule has 166 valence electrons. The van der Waals surface area contributed by atoms with Crippen LogP contribution in [-0.4, -0.2) is 48.8 Å². The van der Waals surface area contributed by atoms with Crippen LogP contribution in [-0.2, 0) is 4.74 Å². The van der Waals surface area contributed by atoms with Crippen LogP contribution in [0.2, 0.25) is 0 Å². The Hall–Kier alpha value is -1.30. The highest BCUT2D eigenvalue weighted by Gasteiger charge is 2.30. The lowest BCUT2D eigenvalue weighted by Crippen LogP contribution is -2.51. The SMILES string of the molecule is CCCCCCN(CC)C1Oc2cccc(c2)OC(N(CC)CCCCCC)O1. The van der Waals surface area contributed by atoms with Crippen LogP contribution in [0.1, 0.15) is 79.1 Å². The molecule has 5 nitrogen and oxygen atoms in total. The minimum atomic E-state index is -0.438. The van der Waals surface area contributed by atoms with Gasteiger partial charge in [-0.2, -0.15) is 0 Å². The van der Waals surface area contributed by atoms with E-state index in [0.29, 0.717) is 0 Å². The van der Waals surface area contributed by atoms with E-state index in [-0.39, 0.29) is 0 Å². The van der Waals surface area contributed by atoms with Gasteiger partial charge in [0.15, 0.2) is 0 Å². The van der Waals surface area contributed by atoms with E-state index in [4.69, 9.17) is 14.2 Å². The molecular formula is C24H42N2O3. The number of hydrogen-bond donors (Lipinski definition) is 0. The van der Waals surface area contributed by atoms with Crippen molar-refractivity contribution in [2.45, 2.75) is 91.9 Å². The predicted molar refractivity (Wildman–Crippen MR) is 119 cm³/mol. The minimum Gasteiger partial charge on any atom is -0.451 e. The zero-order valence-corrected chi connectivity index (χ0v) is 19.1. The van der Waals surface area contributed by atoms with E-state index in [0.717, 1.165) is 50.5 Å². The van der Waals surface area contributed by atoms with E-state index in [1.54, 1.807) is 0 Å². The Morgan fingerprint density at radius 2 is 1.17 bits per heavy atom. The maximum atomic E-state index is 6.44. The van der Waals surface area contributed by atoms with Gasteiger partial charge in [-0.1, -0.05) is 72.3 Å². The lowest BCUT2D eigenvalue weighted by Gasteiger charge is -2.38. The third kappa shape index (κ3) is 8.15. The Morgan fingerprint density at radius 1 is 0.690 bits per heavy atom. The van der Waals surface area contributed by atoms with Gasteiger partial charge in [0.1, 0.15) is 11.5 Å². The number of ether oxygens (including phenoxy) is 3. The van der Waals surface area contributed by atoms with Crippen LogP contribution >= 0.6 is 0 Å². The number of fused-ring (bicyclic) bond motifs is 2. The van der Waals surface area contributed by atoms with Crippen LogP contribution in [0.3, 0.4) is 0 Å². The van der Waals surface area contributed by atoms with E-state index in [1.807, 2.05) is 24.3 Å². The minimum absolute atomic E-state index is 0.438. The Kier molecular flexibility index (Phi) is 11.4. The van der Waals surface area contributed by atoms with E-state index >= 15 is 0 Å². The first-order valence-corrected chi connectivity index (χ1v) is 11.8.